The van der Waals surface area contributed by atoms with E-state index in [4.69, 9.17) is 4.42 Å². The molecule has 0 saturated carbocycles. The van der Waals surface area contributed by atoms with Gasteiger partial charge in [0.1, 0.15) is 5.76 Å². The Morgan fingerprint density at radius 1 is 1.24 bits per heavy atom. The molecule has 0 atom stereocenters. The van der Waals surface area contributed by atoms with Crippen LogP contribution in [0.4, 0.5) is 0 Å². The number of nitrogens with one attached hydrogen (secondary N) is 2. The predicted octanol–water partition coefficient (Wildman–Crippen LogP) is 3.43. The van der Waals surface area contributed by atoms with Gasteiger partial charge in [-0.1, -0.05) is 6.92 Å². The number of guanidine groups is 1. The van der Waals surface area contributed by atoms with Crippen molar-refractivity contribution in [3.63, 3.8) is 0 Å². The average Bonchev–Trinajstić information content (AvgIpc) is 3.13. The molecule has 0 fully saturated rings. The summed E-state index contributed by atoms with van der Waals surface area (Å²) in [4.78, 5) is 6.97. The summed E-state index contributed by atoms with van der Waals surface area (Å²) in [6, 6.07) is 8.25. The molecule has 2 heterocycles. The molecule has 0 unspecified atom stereocenters. The molecule has 4 nitrogen and oxygen atoms in total. The van der Waals surface area contributed by atoms with E-state index >= 15 is 0 Å². The highest BCUT2D eigenvalue weighted by molar-refractivity contribution is 14.0. The zero-order chi connectivity index (χ0) is 14.2. The monoisotopic (exact) mass is 419 g/mol. The van der Waals surface area contributed by atoms with Crippen molar-refractivity contribution in [2.75, 3.05) is 13.6 Å². The van der Waals surface area contributed by atoms with Crippen LogP contribution in [0.5, 0.6) is 0 Å². The molecule has 6 heteroatoms. The molecule has 21 heavy (non-hydrogen) atoms. The minimum atomic E-state index is 0. The normalized spacial score (nSPS) is 11.0. The van der Waals surface area contributed by atoms with Crippen LogP contribution in [0.2, 0.25) is 0 Å². The summed E-state index contributed by atoms with van der Waals surface area (Å²) < 4.78 is 5.29. The Kier molecular flexibility index (Phi) is 8.44. The Morgan fingerprint density at radius 3 is 2.67 bits per heavy atom. The van der Waals surface area contributed by atoms with Crippen LogP contribution < -0.4 is 10.6 Å². The number of thiophene rings is 1. The van der Waals surface area contributed by atoms with Crippen molar-refractivity contribution in [1.82, 2.24) is 10.6 Å². The van der Waals surface area contributed by atoms with Crippen LogP contribution in [0, 0.1) is 0 Å². The Balaban J connectivity index is 0.00000220. The van der Waals surface area contributed by atoms with Crippen LogP contribution in [0.3, 0.4) is 0 Å². The Morgan fingerprint density at radius 2 is 2.05 bits per heavy atom. The number of hydrogen-bond donors (Lipinski definition) is 2. The third-order valence-corrected chi connectivity index (χ3v) is 4.19. The fraction of sp³-hybridized carbons (Fsp3) is 0.400. The maximum Gasteiger partial charge on any atom is 0.191 e. The number of aliphatic imine (C=N–C) groups is 1. The third-order valence-electron chi connectivity index (χ3n) is 2.96. The van der Waals surface area contributed by atoms with E-state index in [1.54, 1.807) is 13.3 Å². The Hall–Kier alpha value is -1.02. The highest BCUT2D eigenvalue weighted by Crippen LogP contribution is 2.16. The first-order valence-electron chi connectivity index (χ1n) is 6.86. The van der Waals surface area contributed by atoms with Crippen LogP contribution in [0.1, 0.15) is 22.4 Å². The van der Waals surface area contributed by atoms with E-state index in [1.807, 2.05) is 23.5 Å². The molecule has 2 aromatic rings. The number of rotatable bonds is 6. The van der Waals surface area contributed by atoms with E-state index in [2.05, 4.69) is 34.7 Å². The second-order valence-electron chi connectivity index (χ2n) is 4.40. The van der Waals surface area contributed by atoms with E-state index in [-0.39, 0.29) is 24.0 Å². The molecule has 0 aliphatic carbocycles. The minimum absolute atomic E-state index is 0. The number of furan rings is 1. The number of hydrogen-bond acceptors (Lipinski definition) is 3. The lowest BCUT2D eigenvalue weighted by molar-refractivity contribution is 0.507. The van der Waals surface area contributed by atoms with Gasteiger partial charge in [0.15, 0.2) is 5.96 Å². The quantitative estimate of drug-likeness (QED) is 0.429. The first-order valence-corrected chi connectivity index (χ1v) is 7.68. The van der Waals surface area contributed by atoms with E-state index in [1.165, 1.54) is 9.75 Å². The third kappa shape index (κ3) is 6.09. The minimum Gasteiger partial charge on any atom is -0.469 e. The van der Waals surface area contributed by atoms with Crippen molar-refractivity contribution < 1.29 is 4.42 Å². The molecule has 0 aliphatic rings. The standard InChI is InChI=1S/C15H21N3OS.HI/c1-3-13-6-7-14(20-13)11-18-15(16-2)17-9-8-12-5-4-10-19-12;/h4-7,10H,3,8-9,11H2,1-2H3,(H2,16,17,18);1H. The maximum atomic E-state index is 5.29. The van der Waals surface area contributed by atoms with Gasteiger partial charge < -0.3 is 15.1 Å². The Labute approximate surface area is 147 Å². The zero-order valence-electron chi connectivity index (χ0n) is 12.4. The molecule has 0 saturated heterocycles. The first-order chi connectivity index (χ1) is 9.81. The van der Waals surface area contributed by atoms with Gasteiger partial charge >= 0.3 is 0 Å². The van der Waals surface area contributed by atoms with Gasteiger partial charge in [0.2, 0.25) is 0 Å². The molecule has 0 aromatic carbocycles. The van der Waals surface area contributed by atoms with Gasteiger partial charge in [0.25, 0.3) is 0 Å². The molecule has 0 amide bonds. The van der Waals surface area contributed by atoms with Gasteiger partial charge in [0.05, 0.1) is 12.8 Å². The molecule has 2 rings (SSSR count). The lowest BCUT2D eigenvalue weighted by atomic mass is 10.3. The predicted molar refractivity (Wildman–Crippen MR) is 99.7 cm³/mol. The van der Waals surface area contributed by atoms with Crippen molar-refractivity contribution in [1.29, 1.82) is 0 Å². The van der Waals surface area contributed by atoms with Crippen LogP contribution in [-0.2, 0) is 19.4 Å². The smallest absolute Gasteiger partial charge is 0.191 e. The van der Waals surface area contributed by atoms with Gasteiger partial charge in [0, 0.05) is 29.8 Å². The average molecular weight is 419 g/mol. The zero-order valence-corrected chi connectivity index (χ0v) is 15.5. The van der Waals surface area contributed by atoms with E-state index in [0.29, 0.717) is 0 Å². The largest absolute Gasteiger partial charge is 0.469 e. The fourth-order valence-corrected chi connectivity index (χ4v) is 2.76. The summed E-state index contributed by atoms with van der Waals surface area (Å²) in [5.74, 6) is 1.81. The van der Waals surface area contributed by atoms with Crippen molar-refractivity contribution in [3.8, 4) is 0 Å². The van der Waals surface area contributed by atoms with E-state index < -0.39 is 0 Å². The first kappa shape index (κ1) is 18.0. The molecular weight excluding hydrogens is 397 g/mol. The second kappa shape index (κ2) is 9.83. The van der Waals surface area contributed by atoms with Gasteiger partial charge in [-0.2, -0.15) is 0 Å². The molecule has 2 aromatic heterocycles. The number of nitrogens with zero attached hydrogens (tertiary/aromatic N) is 1. The van der Waals surface area contributed by atoms with E-state index in [0.717, 1.165) is 37.7 Å². The molecule has 0 bridgehead atoms. The second-order valence-corrected chi connectivity index (χ2v) is 5.66. The van der Waals surface area contributed by atoms with Gasteiger partial charge in [-0.25, -0.2) is 0 Å². The molecule has 0 radical (unpaired) electrons. The fourth-order valence-electron chi connectivity index (χ4n) is 1.86. The van der Waals surface area contributed by atoms with Crippen LogP contribution in [0.25, 0.3) is 0 Å². The Bertz CT molecular complexity index is 537. The highest BCUT2D eigenvalue weighted by atomic mass is 127. The molecule has 0 spiro atoms. The molecule has 116 valence electrons. The molecular formula is C15H22IN3OS. The summed E-state index contributed by atoms with van der Waals surface area (Å²) in [6.45, 7) is 3.79. The summed E-state index contributed by atoms with van der Waals surface area (Å²) in [6.07, 6.45) is 3.65. The topological polar surface area (TPSA) is 49.6 Å². The summed E-state index contributed by atoms with van der Waals surface area (Å²) in [5.41, 5.74) is 0. The van der Waals surface area contributed by atoms with Gasteiger partial charge in [-0.05, 0) is 30.7 Å². The summed E-state index contributed by atoms with van der Waals surface area (Å²) in [7, 11) is 1.79. The highest BCUT2D eigenvalue weighted by Gasteiger charge is 2.02. The number of halogens is 1. The van der Waals surface area contributed by atoms with Crippen LogP contribution in [-0.4, -0.2) is 19.6 Å². The van der Waals surface area contributed by atoms with Gasteiger partial charge in [-0.15, -0.1) is 35.3 Å². The lowest BCUT2D eigenvalue weighted by Crippen LogP contribution is -2.37. The van der Waals surface area contributed by atoms with Crippen LogP contribution in [0.15, 0.2) is 39.9 Å². The van der Waals surface area contributed by atoms with Crippen molar-refractivity contribution >= 4 is 41.3 Å². The lowest BCUT2D eigenvalue weighted by Gasteiger charge is -2.10. The van der Waals surface area contributed by atoms with Crippen molar-refractivity contribution in [3.05, 3.63) is 46.0 Å². The van der Waals surface area contributed by atoms with Crippen molar-refractivity contribution in [2.45, 2.75) is 26.3 Å². The maximum absolute atomic E-state index is 5.29. The van der Waals surface area contributed by atoms with Crippen molar-refractivity contribution in [2.24, 2.45) is 4.99 Å². The summed E-state index contributed by atoms with van der Waals surface area (Å²) >= 11 is 1.85. The molecule has 2 N–H and O–H groups in total. The summed E-state index contributed by atoms with van der Waals surface area (Å²) in [5, 5.41) is 6.60. The van der Waals surface area contributed by atoms with E-state index in [9.17, 15) is 0 Å². The number of aryl methyl sites for hydroxylation is 1. The molecule has 0 aliphatic heterocycles. The SMILES string of the molecule is CCc1ccc(CNC(=NC)NCCc2ccco2)s1.I. The van der Waals surface area contributed by atoms with Crippen LogP contribution >= 0.6 is 35.3 Å². The van der Waals surface area contributed by atoms with Gasteiger partial charge in [-0.3, -0.25) is 4.99 Å².